The zero-order chi connectivity index (χ0) is 19.6. The van der Waals surface area contributed by atoms with Crippen LogP contribution in [0, 0.1) is 0 Å². The molecule has 29 heavy (non-hydrogen) atoms. The molecule has 0 bridgehead atoms. The molecule has 5 rings (SSSR count). The number of H-pyrrole nitrogens is 2. The van der Waals surface area contributed by atoms with Gasteiger partial charge in [-0.1, -0.05) is 0 Å². The van der Waals surface area contributed by atoms with Crippen LogP contribution in [0.5, 0.6) is 5.75 Å². The molecule has 0 saturated heterocycles. The van der Waals surface area contributed by atoms with Crippen molar-refractivity contribution < 1.29 is 4.74 Å². The van der Waals surface area contributed by atoms with Crippen LogP contribution < -0.4 is 10.1 Å². The fourth-order valence-electron chi connectivity index (χ4n) is 3.06. The van der Waals surface area contributed by atoms with Crippen LogP contribution in [-0.2, 0) is 0 Å². The first-order valence-corrected chi connectivity index (χ1v) is 8.75. The summed E-state index contributed by atoms with van der Waals surface area (Å²) < 4.78 is 5.52. The van der Waals surface area contributed by atoms with Gasteiger partial charge in [-0.05, 0) is 30.3 Å². The van der Waals surface area contributed by atoms with Crippen molar-refractivity contribution in [3.05, 3.63) is 55.2 Å². The molecular weight excluding hydrogens is 370 g/mol. The average molecular weight is 385 g/mol. The van der Waals surface area contributed by atoms with Gasteiger partial charge in [0, 0.05) is 24.2 Å². The summed E-state index contributed by atoms with van der Waals surface area (Å²) in [6.45, 7) is 0. The number of hydrogen-bond donors (Lipinski definition) is 3. The number of hydrogen-bond acceptors (Lipinski definition) is 8. The van der Waals surface area contributed by atoms with Crippen LogP contribution in [0.15, 0.2) is 55.2 Å². The van der Waals surface area contributed by atoms with Gasteiger partial charge < -0.3 is 10.1 Å². The van der Waals surface area contributed by atoms with E-state index in [0.717, 1.165) is 22.3 Å². The Labute approximate surface area is 164 Å². The number of nitrogens with zero attached hydrogens (tertiary/aromatic N) is 6. The fraction of sp³-hybridized carbons (Fsp3) is 0.0526. The lowest BCUT2D eigenvalue weighted by atomic mass is 10.1. The molecule has 0 aliphatic heterocycles. The van der Waals surface area contributed by atoms with Crippen molar-refractivity contribution in [2.24, 2.45) is 0 Å². The molecule has 0 atom stereocenters. The SMILES string of the molecule is COc1ccc(-c2ncccn2)cc1Nc1ncnc2n[nH]c(-c3ccn[nH]3)c12. The maximum absolute atomic E-state index is 5.52. The van der Waals surface area contributed by atoms with Crippen molar-refractivity contribution in [1.82, 2.24) is 40.3 Å². The van der Waals surface area contributed by atoms with Crippen molar-refractivity contribution >= 4 is 22.5 Å². The van der Waals surface area contributed by atoms with E-state index in [1.165, 1.54) is 6.33 Å². The second-order valence-electron chi connectivity index (χ2n) is 6.10. The molecule has 10 nitrogen and oxygen atoms in total. The number of benzene rings is 1. The first kappa shape index (κ1) is 16.8. The van der Waals surface area contributed by atoms with E-state index < -0.39 is 0 Å². The molecule has 0 fully saturated rings. The highest BCUT2D eigenvalue weighted by Crippen LogP contribution is 2.35. The smallest absolute Gasteiger partial charge is 0.186 e. The standard InChI is InChI=1S/C19H15N9O/c1-29-14-4-3-11(17-20-6-2-7-21-17)9-13(14)25-18-15-16(12-5-8-24-26-12)27-28-19(15)23-10-22-18/h2-10H,1H3,(H,24,26)(H2,22,23,25,27,28). The van der Waals surface area contributed by atoms with Crippen LogP contribution in [0.3, 0.4) is 0 Å². The molecule has 0 unspecified atom stereocenters. The molecule has 0 aliphatic rings. The molecule has 0 amide bonds. The number of nitrogens with one attached hydrogen (secondary N) is 3. The molecule has 0 spiro atoms. The summed E-state index contributed by atoms with van der Waals surface area (Å²) in [6, 6.07) is 9.30. The van der Waals surface area contributed by atoms with Crippen LogP contribution >= 0.6 is 0 Å². The first-order valence-electron chi connectivity index (χ1n) is 8.75. The number of aromatic amines is 2. The van der Waals surface area contributed by atoms with Gasteiger partial charge >= 0.3 is 0 Å². The third kappa shape index (κ3) is 3.02. The molecule has 10 heteroatoms. The van der Waals surface area contributed by atoms with Gasteiger partial charge in [0.05, 0.1) is 29.6 Å². The summed E-state index contributed by atoms with van der Waals surface area (Å²) in [7, 11) is 1.61. The summed E-state index contributed by atoms with van der Waals surface area (Å²) in [6.07, 6.45) is 6.54. The molecule has 5 aromatic rings. The van der Waals surface area contributed by atoms with Crippen LogP contribution in [0.1, 0.15) is 0 Å². The Morgan fingerprint density at radius 2 is 1.86 bits per heavy atom. The molecule has 4 aromatic heterocycles. The minimum atomic E-state index is 0.536. The van der Waals surface area contributed by atoms with Crippen LogP contribution in [0.2, 0.25) is 0 Å². The highest BCUT2D eigenvalue weighted by Gasteiger charge is 2.17. The number of ether oxygens (including phenoxy) is 1. The quantitative estimate of drug-likeness (QED) is 0.421. The number of anilines is 2. The van der Waals surface area contributed by atoms with Crippen molar-refractivity contribution in [3.8, 4) is 28.5 Å². The van der Waals surface area contributed by atoms with E-state index in [-0.39, 0.29) is 0 Å². The molecule has 1 aromatic carbocycles. The zero-order valence-electron chi connectivity index (χ0n) is 15.3. The molecule has 3 N–H and O–H groups in total. The predicted molar refractivity (Wildman–Crippen MR) is 107 cm³/mol. The van der Waals surface area contributed by atoms with Gasteiger partial charge in [-0.3, -0.25) is 10.2 Å². The second kappa shape index (κ2) is 7.00. The number of methoxy groups -OCH3 is 1. The topological polar surface area (TPSA) is 130 Å². The Bertz CT molecular complexity index is 1270. The summed E-state index contributed by atoms with van der Waals surface area (Å²) in [4.78, 5) is 17.3. The van der Waals surface area contributed by atoms with Crippen molar-refractivity contribution in [2.45, 2.75) is 0 Å². The van der Waals surface area contributed by atoms with Gasteiger partial charge in [-0.25, -0.2) is 19.9 Å². The third-order valence-electron chi connectivity index (χ3n) is 4.40. The Morgan fingerprint density at radius 1 is 0.966 bits per heavy atom. The van der Waals surface area contributed by atoms with E-state index in [2.05, 4.69) is 45.6 Å². The Morgan fingerprint density at radius 3 is 2.66 bits per heavy atom. The van der Waals surface area contributed by atoms with E-state index in [0.29, 0.717) is 28.7 Å². The normalized spacial score (nSPS) is 10.9. The molecular formula is C19H15N9O. The first-order chi connectivity index (χ1) is 14.3. The summed E-state index contributed by atoms with van der Waals surface area (Å²) >= 11 is 0. The van der Waals surface area contributed by atoms with E-state index in [1.54, 1.807) is 31.8 Å². The highest BCUT2D eigenvalue weighted by molar-refractivity contribution is 5.99. The predicted octanol–water partition coefficient (Wildman–Crippen LogP) is 2.95. The van der Waals surface area contributed by atoms with Gasteiger partial charge in [0.2, 0.25) is 0 Å². The van der Waals surface area contributed by atoms with Crippen molar-refractivity contribution in [2.75, 3.05) is 12.4 Å². The van der Waals surface area contributed by atoms with Crippen LogP contribution in [0.4, 0.5) is 11.5 Å². The maximum Gasteiger partial charge on any atom is 0.186 e. The van der Waals surface area contributed by atoms with Gasteiger partial charge in [-0.2, -0.15) is 10.2 Å². The number of aromatic nitrogens is 8. The van der Waals surface area contributed by atoms with Gasteiger partial charge in [0.15, 0.2) is 11.5 Å². The Kier molecular flexibility index (Phi) is 4.06. The van der Waals surface area contributed by atoms with E-state index >= 15 is 0 Å². The third-order valence-corrected chi connectivity index (χ3v) is 4.40. The summed E-state index contributed by atoms with van der Waals surface area (Å²) in [5.74, 6) is 1.85. The Hall–Kier alpha value is -4.34. The molecule has 4 heterocycles. The van der Waals surface area contributed by atoms with E-state index in [9.17, 15) is 0 Å². The number of rotatable bonds is 5. The van der Waals surface area contributed by atoms with Crippen LogP contribution in [-0.4, -0.2) is 47.4 Å². The van der Waals surface area contributed by atoms with Gasteiger partial charge in [0.1, 0.15) is 17.9 Å². The molecule has 0 radical (unpaired) electrons. The minimum absolute atomic E-state index is 0.536. The monoisotopic (exact) mass is 385 g/mol. The summed E-state index contributed by atoms with van der Waals surface area (Å²) in [5, 5.41) is 18.3. The van der Waals surface area contributed by atoms with E-state index in [4.69, 9.17) is 4.74 Å². The van der Waals surface area contributed by atoms with Gasteiger partial charge in [0.25, 0.3) is 0 Å². The van der Waals surface area contributed by atoms with Crippen molar-refractivity contribution in [1.29, 1.82) is 0 Å². The van der Waals surface area contributed by atoms with Crippen LogP contribution in [0.25, 0.3) is 33.8 Å². The van der Waals surface area contributed by atoms with E-state index in [1.807, 2.05) is 24.3 Å². The minimum Gasteiger partial charge on any atom is -0.495 e. The highest BCUT2D eigenvalue weighted by atomic mass is 16.5. The maximum atomic E-state index is 5.52. The summed E-state index contributed by atoms with van der Waals surface area (Å²) in [5.41, 5.74) is 3.62. The average Bonchev–Trinajstić information content (AvgIpc) is 3.44. The van der Waals surface area contributed by atoms with Crippen molar-refractivity contribution in [3.63, 3.8) is 0 Å². The fourth-order valence-corrected chi connectivity index (χ4v) is 3.06. The van der Waals surface area contributed by atoms with Gasteiger partial charge in [-0.15, -0.1) is 0 Å². The number of fused-ring (bicyclic) bond motifs is 1. The molecule has 142 valence electrons. The molecule has 0 saturated carbocycles. The second-order valence-corrected chi connectivity index (χ2v) is 6.10. The molecule has 0 aliphatic carbocycles. The lowest BCUT2D eigenvalue weighted by Crippen LogP contribution is -1.99. The lowest BCUT2D eigenvalue weighted by Gasteiger charge is -2.13. The largest absolute Gasteiger partial charge is 0.495 e. The zero-order valence-corrected chi connectivity index (χ0v) is 15.3. The lowest BCUT2D eigenvalue weighted by molar-refractivity contribution is 0.417. The Balaban J connectivity index is 1.62.